The monoisotopic (exact) mass is 290 g/mol. The zero-order valence-electron chi connectivity index (χ0n) is 10.5. The SMILES string of the molecule is O=C(NCC(F)(F)F)c1cc(N2CCOCC2)ncn1. The number of ether oxygens (including phenoxy) is 1. The predicted octanol–water partition coefficient (Wildman–Crippen LogP) is 0.605. The first-order chi connectivity index (χ1) is 9.46. The maximum atomic E-state index is 12.0. The van der Waals surface area contributed by atoms with Crippen molar-refractivity contribution in [2.45, 2.75) is 6.18 Å². The van der Waals surface area contributed by atoms with Crippen LogP contribution >= 0.6 is 0 Å². The van der Waals surface area contributed by atoms with E-state index in [1.54, 1.807) is 5.32 Å². The summed E-state index contributed by atoms with van der Waals surface area (Å²) in [6.45, 7) is 0.920. The molecule has 0 saturated carbocycles. The maximum Gasteiger partial charge on any atom is 0.405 e. The quantitative estimate of drug-likeness (QED) is 0.883. The average molecular weight is 290 g/mol. The molecule has 2 heterocycles. The van der Waals surface area contributed by atoms with E-state index in [0.717, 1.165) is 6.33 Å². The van der Waals surface area contributed by atoms with Gasteiger partial charge >= 0.3 is 6.18 Å². The third-order valence-electron chi connectivity index (χ3n) is 2.67. The molecule has 0 unspecified atom stereocenters. The Balaban J connectivity index is 2.03. The smallest absolute Gasteiger partial charge is 0.378 e. The summed E-state index contributed by atoms with van der Waals surface area (Å²) in [6.07, 6.45) is -3.29. The average Bonchev–Trinajstić information content (AvgIpc) is 2.45. The molecule has 0 radical (unpaired) electrons. The molecule has 0 atom stereocenters. The van der Waals surface area contributed by atoms with Gasteiger partial charge < -0.3 is 15.0 Å². The fourth-order valence-corrected chi connectivity index (χ4v) is 1.71. The fraction of sp³-hybridized carbons (Fsp3) is 0.545. The van der Waals surface area contributed by atoms with Crippen molar-refractivity contribution in [2.75, 3.05) is 37.7 Å². The van der Waals surface area contributed by atoms with Crippen LogP contribution in [0.2, 0.25) is 0 Å². The van der Waals surface area contributed by atoms with Gasteiger partial charge in [0.1, 0.15) is 24.4 Å². The molecule has 2 rings (SSSR count). The number of aromatic nitrogens is 2. The number of carbonyl (C=O) groups is 1. The second kappa shape index (κ2) is 6.04. The predicted molar refractivity (Wildman–Crippen MR) is 63.5 cm³/mol. The summed E-state index contributed by atoms with van der Waals surface area (Å²) in [6, 6.07) is 1.37. The van der Waals surface area contributed by atoms with E-state index in [1.807, 2.05) is 4.90 Å². The molecule has 0 aromatic carbocycles. The van der Waals surface area contributed by atoms with Crippen LogP contribution in [0.4, 0.5) is 19.0 Å². The first-order valence-corrected chi connectivity index (χ1v) is 5.95. The minimum absolute atomic E-state index is 0.0919. The molecule has 1 aliphatic rings. The van der Waals surface area contributed by atoms with Gasteiger partial charge in [-0.2, -0.15) is 13.2 Å². The summed E-state index contributed by atoms with van der Waals surface area (Å²) < 4.78 is 41.3. The van der Waals surface area contributed by atoms with E-state index in [0.29, 0.717) is 32.1 Å². The number of halogens is 3. The van der Waals surface area contributed by atoms with E-state index in [4.69, 9.17) is 4.74 Å². The van der Waals surface area contributed by atoms with Gasteiger partial charge in [0.25, 0.3) is 5.91 Å². The van der Waals surface area contributed by atoms with Crippen molar-refractivity contribution >= 4 is 11.7 Å². The molecule has 1 aromatic rings. The number of nitrogens with one attached hydrogen (secondary N) is 1. The van der Waals surface area contributed by atoms with Crippen molar-refractivity contribution in [3.8, 4) is 0 Å². The van der Waals surface area contributed by atoms with Crippen molar-refractivity contribution in [1.29, 1.82) is 0 Å². The second-order valence-corrected chi connectivity index (χ2v) is 4.16. The zero-order valence-corrected chi connectivity index (χ0v) is 10.5. The second-order valence-electron chi connectivity index (χ2n) is 4.16. The first kappa shape index (κ1) is 14.5. The third kappa shape index (κ3) is 4.05. The lowest BCUT2D eigenvalue weighted by Crippen LogP contribution is -2.37. The highest BCUT2D eigenvalue weighted by Crippen LogP contribution is 2.14. The summed E-state index contributed by atoms with van der Waals surface area (Å²) >= 11 is 0. The molecule has 1 N–H and O–H groups in total. The molecule has 1 saturated heterocycles. The molecule has 6 nitrogen and oxygen atoms in total. The number of anilines is 1. The van der Waals surface area contributed by atoms with Crippen LogP contribution in [0.5, 0.6) is 0 Å². The van der Waals surface area contributed by atoms with Crippen LogP contribution in [0.3, 0.4) is 0 Å². The summed E-state index contributed by atoms with van der Waals surface area (Å²) in [5.74, 6) is -0.375. The highest BCUT2D eigenvalue weighted by molar-refractivity contribution is 5.92. The molecule has 1 aromatic heterocycles. The van der Waals surface area contributed by atoms with E-state index in [-0.39, 0.29) is 5.69 Å². The van der Waals surface area contributed by atoms with Crippen molar-refractivity contribution in [1.82, 2.24) is 15.3 Å². The molecule has 110 valence electrons. The molecule has 0 bridgehead atoms. The van der Waals surface area contributed by atoms with Crippen LogP contribution in [-0.2, 0) is 4.74 Å². The van der Waals surface area contributed by atoms with E-state index >= 15 is 0 Å². The lowest BCUT2D eigenvalue weighted by atomic mass is 10.3. The maximum absolute atomic E-state index is 12.0. The standard InChI is InChI=1S/C11H13F3N4O2/c12-11(13,14)6-15-10(19)8-5-9(17-7-16-8)18-1-3-20-4-2-18/h5,7H,1-4,6H2,(H,15,19). The van der Waals surface area contributed by atoms with Crippen LogP contribution in [0.1, 0.15) is 10.5 Å². The molecule has 9 heteroatoms. The summed E-state index contributed by atoms with van der Waals surface area (Å²) in [5, 5.41) is 1.77. The Bertz CT molecular complexity index is 475. The first-order valence-electron chi connectivity index (χ1n) is 5.95. The number of morpholine rings is 1. The topological polar surface area (TPSA) is 67.4 Å². The number of hydrogen-bond donors (Lipinski definition) is 1. The van der Waals surface area contributed by atoms with Gasteiger partial charge in [0.15, 0.2) is 0 Å². The van der Waals surface area contributed by atoms with Crippen molar-refractivity contribution in [3.05, 3.63) is 18.1 Å². The Morgan fingerprint density at radius 3 is 2.70 bits per heavy atom. The van der Waals surface area contributed by atoms with Gasteiger partial charge in [0, 0.05) is 19.2 Å². The van der Waals surface area contributed by atoms with E-state index in [2.05, 4.69) is 9.97 Å². The lowest BCUT2D eigenvalue weighted by Gasteiger charge is -2.27. The van der Waals surface area contributed by atoms with Crippen LogP contribution in [-0.4, -0.2) is 54.9 Å². The zero-order chi connectivity index (χ0) is 14.6. The Morgan fingerprint density at radius 2 is 2.05 bits per heavy atom. The van der Waals surface area contributed by atoms with Gasteiger partial charge in [-0.15, -0.1) is 0 Å². The van der Waals surface area contributed by atoms with E-state index < -0.39 is 18.6 Å². The highest BCUT2D eigenvalue weighted by Gasteiger charge is 2.28. The Morgan fingerprint density at radius 1 is 1.35 bits per heavy atom. The summed E-state index contributed by atoms with van der Waals surface area (Å²) in [4.78, 5) is 21.2. The summed E-state index contributed by atoms with van der Waals surface area (Å²) in [7, 11) is 0. The van der Waals surface area contributed by atoms with Crippen LogP contribution in [0, 0.1) is 0 Å². The molecule has 0 spiro atoms. The van der Waals surface area contributed by atoms with Gasteiger partial charge in [-0.05, 0) is 0 Å². The van der Waals surface area contributed by atoms with Gasteiger partial charge in [-0.3, -0.25) is 4.79 Å². The number of nitrogens with zero attached hydrogens (tertiary/aromatic N) is 3. The fourth-order valence-electron chi connectivity index (χ4n) is 1.71. The van der Waals surface area contributed by atoms with Crippen molar-refractivity contribution in [2.24, 2.45) is 0 Å². The van der Waals surface area contributed by atoms with Crippen LogP contribution in [0.15, 0.2) is 12.4 Å². The summed E-state index contributed by atoms with van der Waals surface area (Å²) in [5.41, 5.74) is -0.0919. The van der Waals surface area contributed by atoms with E-state index in [9.17, 15) is 18.0 Å². The third-order valence-corrected chi connectivity index (χ3v) is 2.67. The molecule has 1 aliphatic heterocycles. The minimum atomic E-state index is -4.45. The molecular weight excluding hydrogens is 277 g/mol. The van der Waals surface area contributed by atoms with Crippen LogP contribution in [0.25, 0.3) is 0 Å². The highest BCUT2D eigenvalue weighted by atomic mass is 19.4. The molecule has 1 fully saturated rings. The largest absolute Gasteiger partial charge is 0.405 e. The molecule has 1 amide bonds. The number of hydrogen-bond acceptors (Lipinski definition) is 5. The number of rotatable bonds is 3. The van der Waals surface area contributed by atoms with Crippen molar-refractivity contribution < 1.29 is 22.7 Å². The van der Waals surface area contributed by atoms with Gasteiger partial charge in [0.2, 0.25) is 0 Å². The Kier molecular flexibility index (Phi) is 4.38. The van der Waals surface area contributed by atoms with Gasteiger partial charge in [-0.1, -0.05) is 0 Å². The minimum Gasteiger partial charge on any atom is -0.378 e. The molecular formula is C11H13F3N4O2. The lowest BCUT2D eigenvalue weighted by molar-refractivity contribution is -0.123. The van der Waals surface area contributed by atoms with Crippen molar-refractivity contribution in [3.63, 3.8) is 0 Å². The van der Waals surface area contributed by atoms with Gasteiger partial charge in [-0.25, -0.2) is 9.97 Å². The van der Waals surface area contributed by atoms with E-state index in [1.165, 1.54) is 6.07 Å². The normalized spacial score (nSPS) is 16.1. The van der Waals surface area contributed by atoms with Crippen LogP contribution < -0.4 is 10.2 Å². The Labute approximate surface area is 113 Å². The number of carbonyl (C=O) groups excluding carboxylic acids is 1. The van der Waals surface area contributed by atoms with Gasteiger partial charge in [0.05, 0.1) is 13.2 Å². The number of alkyl halides is 3. The molecule has 0 aliphatic carbocycles. The molecule has 20 heavy (non-hydrogen) atoms. The Hall–Kier alpha value is -1.90. The number of amides is 1.